The van der Waals surface area contributed by atoms with Gasteiger partial charge in [-0.1, -0.05) is 29.3 Å². The van der Waals surface area contributed by atoms with E-state index in [1.807, 2.05) is 0 Å². The molecule has 0 aliphatic rings. The fourth-order valence-corrected chi connectivity index (χ4v) is 2.54. The molecule has 2 aromatic carbocycles. The maximum absolute atomic E-state index is 12.7. The number of anilines is 2. The molecule has 0 spiro atoms. The third-order valence-corrected chi connectivity index (χ3v) is 3.96. The van der Waals surface area contributed by atoms with Gasteiger partial charge >= 0.3 is 12.1 Å². The molecule has 0 saturated heterocycles. The molecular weight excluding hydrogens is 408 g/mol. The molecule has 0 saturated carbocycles. The van der Waals surface area contributed by atoms with Gasteiger partial charge in [-0.25, -0.2) is 4.79 Å². The molecule has 0 aromatic heterocycles. The summed E-state index contributed by atoms with van der Waals surface area (Å²) in [6.45, 7) is 1.25. The van der Waals surface area contributed by atoms with E-state index >= 15 is 0 Å². The number of rotatable bonds is 4. The summed E-state index contributed by atoms with van der Waals surface area (Å²) in [6, 6.07) is 6.60. The molecule has 0 heterocycles. The Labute approximate surface area is 162 Å². The molecule has 0 aliphatic heterocycles. The van der Waals surface area contributed by atoms with Crippen molar-refractivity contribution in [2.24, 2.45) is 0 Å². The molecule has 1 atom stereocenters. The van der Waals surface area contributed by atoms with Crippen LogP contribution in [0, 0.1) is 0 Å². The highest BCUT2D eigenvalue weighted by molar-refractivity contribution is 6.37. The van der Waals surface area contributed by atoms with E-state index in [9.17, 15) is 22.8 Å². The predicted octanol–water partition coefficient (Wildman–Crippen LogP) is 4.78. The molecule has 0 fully saturated rings. The Hall–Kier alpha value is -2.45. The van der Waals surface area contributed by atoms with Crippen LogP contribution >= 0.6 is 23.2 Å². The fourth-order valence-electron chi connectivity index (χ4n) is 2.05. The Morgan fingerprint density at radius 3 is 2.48 bits per heavy atom. The summed E-state index contributed by atoms with van der Waals surface area (Å²) >= 11 is 11.6. The average molecular weight is 421 g/mol. The molecule has 2 aromatic rings. The number of hydrogen-bond acceptors (Lipinski definition) is 4. The molecule has 5 nitrogen and oxygen atoms in total. The second-order valence-corrected chi connectivity index (χ2v) is 6.31. The molecule has 0 aliphatic carbocycles. The van der Waals surface area contributed by atoms with E-state index in [1.165, 1.54) is 25.1 Å². The standard InChI is InChI=1S/C17H13Cl2F3N2O3/c1-8(27-16(26)12-6-10(18)7-13(19)14(12)23)15(25)24-11-4-2-3-9(5-11)17(20,21)22/h2-8H,23H2,1H3,(H,24,25). The number of esters is 1. The summed E-state index contributed by atoms with van der Waals surface area (Å²) in [5, 5.41) is 2.43. The normalized spacial score (nSPS) is 12.4. The number of halogens is 5. The van der Waals surface area contributed by atoms with Crippen LogP contribution in [0.3, 0.4) is 0 Å². The highest BCUT2D eigenvalue weighted by atomic mass is 35.5. The van der Waals surface area contributed by atoms with E-state index in [1.54, 1.807) is 0 Å². The second kappa shape index (κ2) is 8.06. The van der Waals surface area contributed by atoms with Crippen LogP contribution in [-0.4, -0.2) is 18.0 Å². The van der Waals surface area contributed by atoms with Gasteiger partial charge in [0.25, 0.3) is 5.91 Å². The van der Waals surface area contributed by atoms with Crippen LogP contribution < -0.4 is 11.1 Å². The number of nitrogen functional groups attached to an aromatic ring is 1. The van der Waals surface area contributed by atoms with Crippen LogP contribution in [0.5, 0.6) is 0 Å². The van der Waals surface area contributed by atoms with Gasteiger partial charge in [-0.05, 0) is 37.3 Å². The fraction of sp³-hybridized carbons (Fsp3) is 0.176. The Morgan fingerprint density at radius 1 is 1.19 bits per heavy atom. The zero-order chi connectivity index (χ0) is 20.4. The number of nitrogens with two attached hydrogens (primary N) is 1. The van der Waals surface area contributed by atoms with Gasteiger partial charge in [-0.15, -0.1) is 0 Å². The van der Waals surface area contributed by atoms with E-state index in [-0.39, 0.29) is 27.0 Å². The van der Waals surface area contributed by atoms with E-state index in [0.29, 0.717) is 0 Å². The largest absolute Gasteiger partial charge is 0.449 e. The number of ether oxygens (including phenoxy) is 1. The zero-order valence-corrected chi connectivity index (χ0v) is 15.2. The van der Waals surface area contributed by atoms with Crippen molar-refractivity contribution in [2.45, 2.75) is 19.2 Å². The highest BCUT2D eigenvalue weighted by Crippen LogP contribution is 2.31. The molecule has 0 bridgehead atoms. The average Bonchev–Trinajstić information content (AvgIpc) is 2.57. The number of benzene rings is 2. The van der Waals surface area contributed by atoms with Gasteiger partial charge in [0.1, 0.15) is 0 Å². The predicted molar refractivity (Wildman–Crippen MR) is 95.8 cm³/mol. The summed E-state index contributed by atoms with van der Waals surface area (Å²) in [4.78, 5) is 24.3. The summed E-state index contributed by atoms with van der Waals surface area (Å²) in [7, 11) is 0. The Bertz CT molecular complexity index is 888. The van der Waals surface area contributed by atoms with Crippen LogP contribution in [0.4, 0.5) is 24.5 Å². The highest BCUT2D eigenvalue weighted by Gasteiger charge is 2.30. The van der Waals surface area contributed by atoms with Gasteiger partial charge in [0, 0.05) is 10.7 Å². The molecule has 1 unspecified atom stereocenters. The smallest absolute Gasteiger partial charge is 0.416 e. The monoisotopic (exact) mass is 420 g/mol. The van der Waals surface area contributed by atoms with Gasteiger partial charge < -0.3 is 15.8 Å². The summed E-state index contributed by atoms with van der Waals surface area (Å²) in [5.41, 5.74) is 4.46. The first kappa shape index (κ1) is 20.9. The Morgan fingerprint density at radius 2 is 1.85 bits per heavy atom. The quantitative estimate of drug-likeness (QED) is 0.550. The Balaban J connectivity index is 2.09. The summed E-state index contributed by atoms with van der Waals surface area (Å²) in [6.07, 6.45) is -5.87. The van der Waals surface area contributed by atoms with E-state index in [0.717, 1.165) is 18.2 Å². The minimum atomic E-state index is -4.55. The molecule has 0 radical (unpaired) electrons. The molecule has 3 N–H and O–H groups in total. The van der Waals surface area contributed by atoms with Crippen LogP contribution in [0.2, 0.25) is 10.0 Å². The molecular formula is C17H13Cl2F3N2O3. The lowest BCUT2D eigenvalue weighted by molar-refractivity contribution is -0.137. The van der Waals surface area contributed by atoms with Crippen LogP contribution in [0.15, 0.2) is 36.4 Å². The molecule has 27 heavy (non-hydrogen) atoms. The van der Waals surface area contributed by atoms with Crippen LogP contribution in [0.1, 0.15) is 22.8 Å². The van der Waals surface area contributed by atoms with Gasteiger partial charge in [-0.3, -0.25) is 4.79 Å². The van der Waals surface area contributed by atoms with Gasteiger partial charge in [-0.2, -0.15) is 13.2 Å². The first-order valence-electron chi connectivity index (χ1n) is 7.42. The van der Waals surface area contributed by atoms with Gasteiger partial charge in [0.05, 0.1) is 21.8 Å². The number of carbonyl (C=O) groups excluding carboxylic acids is 2. The van der Waals surface area contributed by atoms with E-state index in [4.69, 9.17) is 33.7 Å². The second-order valence-electron chi connectivity index (χ2n) is 5.46. The van der Waals surface area contributed by atoms with Crippen molar-refractivity contribution in [3.63, 3.8) is 0 Å². The van der Waals surface area contributed by atoms with Crippen molar-refractivity contribution in [2.75, 3.05) is 11.1 Å². The number of carbonyl (C=O) groups is 2. The first-order chi connectivity index (χ1) is 12.5. The number of nitrogens with one attached hydrogen (secondary N) is 1. The maximum Gasteiger partial charge on any atom is 0.416 e. The lowest BCUT2D eigenvalue weighted by atomic mass is 10.2. The van der Waals surface area contributed by atoms with E-state index in [2.05, 4.69) is 5.32 Å². The van der Waals surface area contributed by atoms with Crippen molar-refractivity contribution >= 4 is 46.5 Å². The van der Waals surface area contributed by atoms with E-state index < -0.39 is 29.7 Å². The number of alkyl halides is 3. The van der Waals surface area contributed by atoms with Crippen molar-refractivity contribution in [1.82, 2.24) is 0 Å². The lowest BCUT2D eigenvalue weighted by Gasteiger charge is -2.15. The molecule has 10 heteroatoms. The first-order valence-corrected chi connectivity index (χ1v) is 8.18. The molecule has 2 rings (SSSR count). The third kappa shape index (κ3) is 5.27. The zero-order valence-electron chi connectivity index (χ0n) is 13.7. The minimum Gasteiger partial charge on any atom is -0.449 e. The van der Waals surface area contributed by atoms with Crippen molar-refractivity contribution < 1.29 is 27.5 Å². The van der Waals surface area contributed by atoms with Crippen molar-refractivity contribution in [3.8, 4) is 0 Å². The van der Waals surface area contributed by atoms with Crippen molar-refractivity contribution in [3.05, 3.63) is 57.6 Å². The molecule has 1 amide bonds. The van der Waals surface area contributed by atoms with Crippen molar-refractivity contribution in [1.29, 1.82) is 0 Å². The van der Waals surface area contributed by atoms with Gasteiger partial charge in [0.15, 0.2) is 6.10 Å². The van der Waals surface area contributed by atoms with Crippen LogP contribution in [0.25, 0.3) is 0 Å². The van der Waals surface area contributed by atoms with Gasteiger partial charge in [0.2, 0.25) is 0 Å². The van der Waals surface area contributed by atoms with Crippen LogP contribution in [-0.2, 0) is 15.7 Å². The topological polar surface area (TPSA) is 81.4 Å². The summed E-state index contributed by atoms with van der Waals surface area (Å²) in [5.74, 6) is -1.78. The maximum atomic E-state index is 12.7. The summed E-state index contributed by atoms with van der Waals surface area (Å²) < 4.78 is 43.1. The SMILES string of the molecule is CC(OC(=O)c1cc(Cl)cc(Cl)c1N)C(=O)Nc1cccc(C(F)(F)F)c1. The Kier molecular flexibility index (Phi) is 6.22. The molecule has 144 valence electrons. The lowest BCUT2D eigenvalue weighted by Crippen LogP contribution is -2.30. The number of amides is 1. The minimum absolute atomic E-state index is 0.0375. The number of hydrogen-bond donors (Lipinski definition) is 2. The third-order valence-electron chi connectivity index (χ3n) is 3.42.